The summed E-state index contributed by atoms with van der Waals surface area (Å²) >= 11 is 0. The zero-order valence-corrected chi connectivity index (χ0v) is 10.4. The molecule has 1 aliphatic rings. The highest BCUT2D eigenvalue weighted by Crippen LogP contribution is 2.34. The molecule has 0 radical (unpaired) electrons. The van der Waals surface area contributed by atoms with Gasteiger partial charge in [-0.25, -0.2) is 4.57 Å². The largest absolute Gasteiger partial charge is 0.413 e. The first-order valence-electron chi connectivity index (χ1n) is 7.80. The van der Waals surface area contributed by atoms with Crippen LogP contribution in [0.3, 0.4) is 0 Å². The Morgan fingerprint density at radius 1 is 1.30 bits per heavy atom. The average Bonchev–Trinajstić information content (AvgIpc) is 3.13. The van der Waals surface area contributed by atoms with E-state index in [1.165, 1.54) is 4.57 Å². The van der Waals surface area contributed by atoms with Gasteiger partial charge in [0.15, 0.2) is 0 Å². The molecule has 5 heterocycles. The molecule has 0 spiro atoms. The van der Waals surface area contributed by atoms with Gasteiger partial charge in [-0.05, 0) is 6.07 Å². The molecule has 4 aromatic rings. The topological polar surface area (TPSA) is 47.7 Å². The molecule has 0 saturated heterocycles. The molecular formula is C15H11N4O+. The lowest BCUT2D eigenvalue weighted by Crippen LogP contribution is -2.32. The Kier molecular flexibility index (Phi) is 1.27. The molecule has 0 fully saturated rings. The van der Waals surface area contributed by atoms with Gasteiger partial charge in [0.05, 0.1) is 22.0 Å². The Morgan fingerprint density at radius 3 is 3.15 bits per heavy atom. The maximum Gasteiger partial charge on any atom is 0.329 e. The summed E-state index contributed by atoms with van der Waals surface area (Å²) in [6.45, 7) is -1.74. The molecule has 0 aliphatic carbocycles. The lowest BCUT2D eigenvalue weighted by molar-refractivity contribution is -0.652. The lowest BCUT2D eigenvalue weighted by atomic mass is 10.2. The van der Waals surface area contributed by atoms with Crippen molar-refractivity contribution in [2.75, 3.05) is 0 Å². The second-order valence-corrected chi connectivity index (χ2v) is 4.91. The van der Waals surface area contributed by atoms with Crippen molar-refractivity contribution in [3.8, 4) is 11.5 Å². The minimum absolute atomic E-state index is 0.550. The van der Waals surface area contributed by atoms with Gasteiger partial charge in [-0.15, -0.1) is 0 Å². The minimum atomic E-state index is -2.31. The van der Waals surface area contributed by atoms with Crippen molar-refractivity contribution in [2.45, 2.75) is 6.54 Å². The van der Waals surface area contributed by atoms with Gasteiger partial charge in [0.1, 0.15) is 12.1 Å². The number of aromatic nitrogens is 4. The van der Waals surface area contributed by atoms with Gasteiger partial charge in [-0.2, -0.15) is 4.57 Å². The second-order valence-electron chi connectivity index (χ2n) is 4.91. The van der Waals surface area contributed by atoms with Crippen molar-refractivity contribution in [1.82, 2.24) is 14.5 Å². The summed E-state index contributed by atoms with van der Waals surface area (Å²) in [6, 6.07) is 3.63. The molecule has 0 saturated carbocycles. The van der Waals surface area contributed by atoms with E-state index in [0.717, 1.165) is 11.1 Å². The Hall–Kier alpha value is -2.69. The number of pyridine rings is 2. The zero-order valence-electron chi connectivity index (χ0n) is 13.4. The summed E-state index contributed by atoms with van der Waals surface area (Å²) in [6.07, 6.45) is 6.71. The van der Waals surface area contributed by atoms with Gasteiger partial charge in [0.25, 0.3) is 5.89 Å². The van der Waals surface area contributed by atoms with Crippen molar-refractivity contribution >= 4 is 22.1 Å². The third kappa shape index (κ3) is 1.02. The smallest absolute Gasteiger partial charge is 0.329 e. The van der Waals surface area contributed by atoms with Crippen molar-refractivity contribution < 1.29 is 13.1 Å². The molecule has 5 nitrogen and oxygen atoms in total. The highest BCUT2D eigenvalue weighted by atomic mass is 16.4. The number of aryl methyl sites for hydroxylation is 1. The summed E-state index contributed by atoms with van der Waals surface area (Å²) in [5.41, 5.74) is 3.67. The summed E-state index contributed by atoms with van der Waals surface area (Å²) in [5.74, 6) is 0.641. The number of rotatable bonds is 0. The van der Waals surface area contributed by atoms with E-state index in [1.807, 2.05) is 10.6 Å². The molecule has 1 aliphatic heterocycles. The van der Waals surface area contributed by atoms with Crippen molar-refractivity contribution in [3.05, 3.63) is 42.5 Å². The summed E-state index contributed by atoms with van der Waals surface area (Å²) in [5, 5.41) is 0.700. The third-order valence-electron chi connectivity index (χ3n) is 3.87. The van der Waals surface area contributed by atoms with Crippen LogP contribution in [0.15, 0.2) is 41.3 Å². The van der Waals surface area contributed by atoms with Crippen LogP contribution in [0.25, 0.3) is 33.6 Å². The third-order valence-corrected chi connectivity index (χ3v) is 3.87. The highest BCUT2D eigenvalue weighted by molar-refractivity contribution is 6.02. The van der Waals surface area contributed by atoms with Crippen LogP contribution in [0.2, 0.25) is 0 Å². The molecule has 0 atom stereocenters. The standard InChI is InChI=1S/C15H11N4O/c1-18-12-3-5-17-7-11(12)13-14(18)19-8-9-2-4-16-6-10(9)15(19)20-13/h2-7H,8H2,1H3/q+1/i1D3. The Balaban J connectivity index is 1.97. The van der Waals surface area contributed by atoms with Gasteiger partial charge < -0.3 is 4.42 Å². The summed E-state index contributed by atoms with van der Waals surface area (Å²) in [4.78, 5) is 8.25. The van der Waals surface area contributed by atoms with Crippen molar-refractivity contribution in [1.29, 1.82) is 0 Å². The Labute approximate surface area is 118 Å². The number of oxazole rings is 1. The number of hydrogen-bond acceptors (Lipinski definition) is 3. The van der Waals surface area contributed by atoms with E-state index in [9.17, 15) is 0 Å². The van der Waals surface area contributed by atoms with Crippen molar-refractivity contribution in [3.63, 3.8) is 0 Å². The molecular weight excluding hydrogens is 252 g/mol. The average molecular weight is 266 g/mol. The molecule has 20 heavy (non-hydrogen) atoms. The second kappa shape index (κ2) is 3.25. The van der Waals surface area contributed by atoms with Crippen LogP contribution < -0.4 is 4.57 Å². The number of hydrogen-bond donors (Lipinski definition) is 0. The van der Waals surface area contributed by atoms with E-state index < -0.39 is 6.98 Å². The predicted molar refractivity (Wildman–Crippen MR) is 73.0 cm³/mol. The maximum atomic E-state index is 7.92. The van der Waals surface area contributed by atoms with Crippen LogP contribution in [0.4, 0.5) is 0 Å². The van der Waals surface area contributed by atoms with Gasteiger partial charge in [0.2, 0.25) is 5.58 Å². The van der Waals surface area contributed by atoms with Gasteiger partial charge >= 0.3 is 5.65 Å². The van der Waals surface area contributed by atoms with Crippen LogP contribution in [0, 0.1) is 0 Å². The zero-order chi connectivity index (χ0) is 15.8. The molecule has 5 heteroatoms. The first-order valence-corrected chi connectivity index (χ1v) is 6.30. The molecule has 0 N–H and O–H groups in total. The highest BCUT2D eigenvalue weighted by Gasteiger charge is 2.34. The molecule has 96 valence electrons. The van der Waals surface area contributed by atoms with E-state index in [2.05, 4.69) is 9.97 Å². The Bertz CT molecular complexity index is 1090. The van der Waals surface area contributed by atoms with Gasteiger partial charge in [-0.3, -0.25) is 9.97 Å². The van der Waals surface area contributed by atoms with Crippen LogP contribution in [-0.2, 0) is 13.5 Å². The van der Waals surface area contributed by atoms with E-state index in [1.54, 1.807) is 30.9 Å². The van der Waals surface area contributed by atoms with Crippen LogP contribution in [0.5, 0.6) is 0 Å². The molecule has 0 bridgehead atoms. The molecule has 4 aromatic heterocycles. The lowest BCUT2D eigenvalue weighted by Gasteiger charge is -1.92. The van der Waals surface area contributed by atoms with Crippen molar-refractivity contribution in [2.24, 2.45) is 6.98 Å². The number of nitrogens with zero attached hydrogens (tertiary/aromatic N) is 4. The summed E-state index contributed by atoms with van der Waals surface area (Å²) in [7, 11) is 0. The minimum Gasteiger partial charge on any atom is -0.413 e. The van der Waals surface area contributed by atoms with Crippen LogP contribution in [0.1, 0.15) is 9.68 Å². The SMILES string of the molecule is [2H]C([2H])([2H])n1c2ccncc2c2oc3[n+](c21)Cc1ccncc1-3. The monoisotopic (exact) mass is 266 g/mol. The normalized spacial score (nSPS) is 15.9. The molecule has 0 amide bonds. The first-order chi connectivity index (χ1) is 11.1. The van der Waals surface area contributed by atoms with Crippen LogP contribution >= 0.6 is 0 Å². The predicted octanol–water partition coefficient (Wildman–Crippen LogP) is 2.03. The fourth-order valence-electron chi connectivity index (χ4n) is 2.96. The fraction of sp³-hybridized carbons (Fsp3) is 0.133. The molecule has 0 unspecified atom stereocenters. The number of fused-ring (bicyclic) bond motifs is 7. The van der Waals surface area contributed by atoms with Crippen LogP contribution in [-0.4, -0.2) is 14.5 Å². The Morgan fingerprint density at radius 2 is 2.20 bits per heavy atom. The quantitative estimate of drug-likeness (QED) is 0.403. The van der Waals surface area contributed by atoms with E-state index in [-0.39, 0.29) is 0 Å². The van der Waals surface area contributed by atoms with Gasteiger partial charge in [0, 0.05) is 36.4 Å². The fourth-order valence-corrected chi connectivity index (χ4v) is 2.96. The maximum absolute atomic E-state index is 7.92. The molecule has 0 aromatic carbocycles. The van der Waals surface area contributed by atoms with E-state index in [0.29, 0.717) is 34.6 Å². The summed E-state index contributed by atoms with van der Waals surface area (Å²) < 4.78 is 33.1. The van der Waals surface area contributed by atoms with Gasteiger partial charge in [-0.1, -0.05) is 0 Å². The first kappa shape index (κ1) is 7.79. The van der Waals surface area contributed by atoms with E-state index >= 15 is 0 Å². The van der Waals surface area contributed by atoms with E-state index in [4.69, 9.17) is 8.53 Å². The molecule has 5 rings (SSSR count).